The molecule has 1 N–H and O–H groups in total. The van der Waals surface area contributed by atoms with E-state index in [4.69, 9.17) is 4.74 Å². The van der Waals surface area contributed by atoms with Gasteiger partial charge in [-0.15, -0.1) is 0 Å². The summed E-state index contributed by atoms with van der Waals surface area (Å²) in [5.41, 5.74) is 3.73. The Bertz CT molecular complexity index is 401. The van der Waals surface area contributed by atoms with E-state index in [0.717, 1.165) is 0 Å². The maximum absolute atomic E-state index is 11.3. The van der Waals surface area contributed by atoms with Crippen LogP contribution in [0.2, 0.25) is 0 Å². The number of esters is 1. The largest absolute Gasteiger partial charge is 0.468 e. The van der Waals surface area contributed by atoms with E-state index in [-0.39, 0.29) is 18.1 Å². The van der Waals surface area contributed by atoms with Gasteiger partial charge >= 0.3 is 5.97 Å². The Morgan fingerprint density at radius 1 is 1.24 bits per heavy atom. The molecule has 3 nitrogen and oxygen atoms in total. The van der Waals surface area contributed by atoms with Gasteiger partial charge in [0.15, 0.2) is 0 Å². The van der Waals surface area contributed by atoms with Crippen LogP contribution in [0.3, 0.4) is 0 Å². The standard InChI is InChI=1S/C14H21NO2/c1-9-6-7-13(8-10(9)2)11(3)15-12(4)14(16)17-5/h6-8,11-12,15H,1-5H3. The van der Waals surface area contributed by atoms with Gasteiger partial charge in [0, 0.05) is 6.04 Å². The van der Waals surface area contributed by atoms with Crippen LogP contribution in [-0.2, 0) is 9.53 Å². The van der Waals surface area contributed by atoms with E-state index in [1.807, 2.05) is 13.8 Å². The Kier molecular flexibility index (Phi) is 4.70. The number of hydrogen-bond donors (Lipinski definition) is 1. The van der Waals surface area contributed by atoms with E-state index in [2.05, 4.69) is 37.4 Å². The Balaban J connectivity index is 2.72. The third-order valence-electron chi connectivity index (χ3n) is 3.09. The number of benzene rings is 1. The van der Waals surface area contributed by atoms with E-state index in [9.17, 15) is 4.79 Å². The summed E-state index contributed by atoms with van der Waals surface area (Å²) in [7, 11) is 1.40. The van der Waals surface area contributed by atoms with E-state index < -0.39 is 0 Å². The Labute approximate surface area is 103 Å². The van der Waals surface area contributed by atoms with Crippen LogP contribution in [0.5, 0.6) is 0 Å². The molecule has 0 spiro atoms. The van der Waals surface area contributed by atoms with Crippen molar-refractivity contribution < 1.29 is 9.53 Å². The minimum absolute atomic E-state index is 0.128. The summed E-state index contributed by atoms with van der Waals surface area (Å²) in [4.78, 5) is 11.3. The van der Waals surface area contributed by atoms with Gasteiger partial charge in [0.25, 0.3) is 0 Å². The number of carbonyl (C=O) groups is 1. The molecule has 3 heteroatoms. The molecule has 1 aromatic carbocycles. The summed E-state index contributed by atoms with van der Waals surface area (Å²) in [6.45, 7) is 8.04. The predicted molar refractivity (Wildman–Crippen MR) is 68.9 cm³/mol. The SMILES string of the molecule is COC(=O)C(C)NC(C)c1ccc(C)c(C)c1. The van der Waals surface area contributed by atoms with Gasteiger partial charge in [0.05, 0.1) is 7.11 Å². The lowest BCUT2D eigenvalue weighted by atomic mass is 10.0. The fourth-order valence-electron chi connectivity index (χ4n) is 1.75. The molecule has 0 radical (unpaired) electrons. The molecule has 17 heavy (non-hydrogen) atoms. The summed E-state index contributed by atoms with van der Waals surface area (Å²) in [6.07, 6.45) is 0. The van der Waals surface area contributed by atoms with Crippen molar-refractivity contribution in [2.45, 2.75) is 39.8 Å². The zero-order valence-electron chi connectivity index (χ0n) is 11.2. The molecule has 0 saturated carbocycles. The van der Waals surface area contributed by atoms with Gasteiger partial charge in [-0.2, -0.15) is 0 Å². The normalized spacial score (nSPS) is 14.2. The number of nitrogens with one attached hydrogen (secondary N) is 1. The average Bonchev–Trinajstić information content (AvgIpc) is 2.31. The fraction of sp³-hybridized carbons (Fsp3) is 0.500. The van der Waals surface area contributed by atoms with Gasteiger partial charge in [0.1, 0.15) is 6.04 Å². The molecule has 0 heterocycles. The van der Waals surface area contributed by atoms with Crippen LogP contribution in [0.1, 0.15) is 36.6 Å². The number of aryl methyl sites for hydroxylation is 2. The number of methoxy groups -OCH3 is 1. The molecule has 1 rings (SSSR count). The molecular formula is C14H21NO2. The van der Waals surface area contributed by atoms with Gasteiger partial charge < -0.3 is 4.74 Å². The predicted octanol–water partition coefficient (Wildman–Crippen LogP) is 2.52. The van der Waals surface area contributed by atoms with Crippen molar-refractivity contribution in [3.8, 4) is 0 Å². The van der Waals surface area contributed by atoms with Crippen LogP contribution in [0.15, 0.2) is 18.2 Å². The van der Waals surface area contributed by atoms with Crippen LogP contribution in [0.4, 0.5) is 0 Å². The second-order valence-electron chi connectivity index (χ2n) is 4.48. The van der Waals surface area contributed by atoms with Crippen molar-refractivity contribution in [2.75, 3.05) is 7.11 Å². The molecule has 0 aliphatic rings. The topological polar surface area (TPSA) is 38.3 Å². The molecule has 94 valence electrons. The lowest BCUT2D eigenvalue weighted by Gasteiger charge is -2.19. The van der Waals surface area contributed by atoms with Crippen molar-refractivity contribution in [1.82, 2.24) is 5.32 Å². The maximum atomic E-state index is 11.3. The van der Waals surface area contributed by atoms with Gasteiger partial charge in [0.2, 0.25) is 0 Å². The number of hydrogen-bond acceptors (Lipinski definition) is 3. The van der Waals surface area contributed by atoms with Crippen molar-refractivity contribution in [3.63, 3.8) is 0 Å². The lowest BCUT2D eigenvalue weighted by molar-refractivity contribution is -0.142. The van der Waals surface area contributed by atoms with Crippen molar-refractivity contribution in [3.05, 3.63) is 34.9 Å². The van der Waals surface area contributed by atoms with Crippen LogP contribution in [0.25, 0.3) is 0 Å². The minimum Gasteiger partial charge on any atom is -0.468 e. The molecule has 1 aromatic rings. The third-order valence-corrected chi connectivity index (χ3v) is 3.09. The van der Waals surface area contributed by atoms with Crippen molar-refractivity contribution >= 4 is 5.97 Å². The molecule has 0 saturated heterocycles. The minimum atomic E-state index is -0.295. The molecule has 0 aromatic heterocycles. The Morgan fingerprint density at radius 2 is 1.88 bits per heavy atom. The number of rotatable bonds is 4. The highest BCUT2D eigenvalue weighted by molar-refractivity contribution is 5.75. The van der Waals surface area contributed by atoms with E-state index in [1.165, 1.54) is 23.8 Å². The summed E-state index contributed by atoms with van der Waals surface area (Å²) in [5.74, 6) is -0.235. The van der Waals surface area contributed by atoms with Gasteiger partial charge in [-0.3, -0.25) is 10.1 Å². The zero-order chi connectivity index (χ0) is 13.0. The first-order valence-corrected chi connectivity index (χ1v) is 5.86. The number of carbonyl (C=O) groups excluding carboxylic acids is 1. The second-order valence-corrected chi connectivity index (χ2v) is 4.48. The molecular weight excluding hydrogens is 214 g/mol. The van der Waals surface area contributed by atoms with Crippen LogP contribution in [-0.4, -0.2) is 19.1 Å². The van der Waals surface area contributed by atoms with Gasteiger partial charge in [-0.25, -0.2) is 0 Å². The van der Waals surface area contributed by atoms with Crippen LogP contribution in [0, 0.1) is 13.8 Å². The Hall–Kier alpha value is -1.35. The molecule has 2 atom stereocenters. The first kappa shape index (κ1) is 13.7. The van der Waals surface area contributed by atoms with E-state index in [0.29, 0.717) is 0 Å². The first-order chi connectivity index (χ1) is 7.95. The second kappa shape index (κ2) is 5.82. The fourth-order valence-corrected chi connectivity index (χ4v) is 1.75. The maximum Gasteiger partial charge on any atom is 0.322 e. The van der Waals surface area contributed by atoms with Crippen molar-refractivity contribution in [2.24, 2.45) is 0 Å². The molecule has 0 bridgehead atoms. The summed E-state index contributed by atoms with van der Waals surface area (Å²) in [5, 5.41) is 3.22. The summed E-state index contributed by atoms with van der Waals surface area (Å²) < 4.78 is 4.69. The van der Waals surface area contributed by atoms with E-state index >= 15 is 0 Å². The summed E-state index contributed by atoms with van der Waals surface area (Å²) >= 11 is 0. The third kappa shape index (κ3) is 3.56. The molecule has 0 fully saturated rings. The zero-order valence-corrected chi connectivity index (χ0v) is 11.2. The molecule has 0 aliphatic carbocycles. The van der Waals surface area contributed by atoms with Crippen LogP contribution < -0.4 is 5.32 Å². The summed E-state index contributed by atoms with van der Waals surface area (Å²) in [6, 6.07) is 6.17. The molecule has 0 amide bonds. The van der Waals surface area contributed by atoms with E-state index in [1.54, 1.807) is 0 Å². The lowest BCUT2D eigenvalue weighted by Crippen LogP contribution is -2.36. The molecule has 0 aliphatic heterocycles. The monoisotopic (exact) mass is 235 g/mol. The first-order valence-electron chi connectivity index (χ1n) is 5.86. The van der Waals surface area contributed by atoms with Crippen LogP contribution >= 0.6 is 0 Å². The van der Waals surface area contributed by atoms with Crippen molar-refractivity contribution in [1.29, 1.82) is 0 Å². The quantitative estimate of drug-likeness (QED) is 0.815. The van der Waals surface area contributed by atoms with Gasteiger partial charge in [-0.1, -0.05) is 18.2 Å². The molecule has 2 unspecified atom stereocenters. The highest BCUT2D eigenvalue weighted by Crippen LogP contribution is 2.17. The Morgan fingerprint density at radius 3 is 2.41 bits per heavy atom. The highest BCUT2D eigenvalue weighted by atomic mass is 16.5. The highest BCUT2D eigenvalue weighted by Gasteiger charge is 2.16. The number of ether oxygens (including phenoxy) is 1. The van der Waals surface area contributed by atoms with Gasteiger partial charge in [-0.05, 0) is 44.4 Å². The average molecular weight is 235 g/mol. The smallest absolute Gasteiger partial charge is 0.322 e.